The summed E-state index contributed by atoms with van der Waals surface area (Å²) in [6.45, 7) is 0.415. The molecule has 1 aromatic carbocycles. The smallest absolute Gasteiger partial charge is 0.274 e. The van der Waals surface area contributed by atoms with Gasteiger partial charge in [0, 0.05) is 6.20 Å². The van der Waals surface area contributed by atoms with Crippen LogP contribution in [0.3, 0.4) is 0 Å². The van der Waals surface area contributed by atoms with Gasteiger partial charge in [0.25, 0.3) is 5.91 Å². The third-order valence-electron chi connectivity index (χ3n) is 3.09. The SMILES string of the molecule is O=C(Nc1cccc(Cl)c1Cl)c1ccnc(NCc2ccco2)n1. The molecule has 2 aromatic heterocycles. The van der Waals surface area contributed by atoms with Crippen LogP contribution in [0, 0.1) is 0 Å². The maximum Gasteiger partial charge on any atom is 0.274 e. The third kappa shape index (κ3) is 3.84. The highest BCUT2D eigenvalue weighted by atomic mass is 35.5. The van der Waals surface area contributed by atoms with Crippen molar-refractivity contribution in [2.24, 2.45) is 0 Å². The van der Waals surface area contributed by atoms with Crippen molar-refractivity contribution >= 4 is 40.7 Å². The first kappa shape index (κ1) is 16.3. The van der Waals surface area contributed by atoms with Crippen molar-refractivity contribution in [3.8, 4) is 0 Å². The maximum atomic E-state index is 12.3. The summed E-state index contributed by atoms with van der Waals surface area (Å²) in [6, 6.07) is 10.1. The van der Waals surface area contributed by atoms with Crippen molar-refractivity contribution in [3.05, 3.63) is 70.4 Å². The minimum absolute atomic E-state index is 0.197. The number of carbonyl (C=O) groups excluding carboxylic acids is 1. The van der Waals surface area contributed by atoms with Crippen LogP contribution in [0.25, 0.3) is 0 Å². The van der Waals surface area contributed by atoms with Gasteiger partial charge in [-0.2, -0.15) is 0 Å². The van der Waals surface area contributed by atoms with Crippen LogP contribution in [0.1, 0.15) is 16.2 Å². The molecule has 0 spiro atoms. The van der Waals surface area contributed by atoms with E-state index >= 15 is 0 Å². The van der Waals surface area contributed by atoms with Crippen molar-refractivity contribution in [3.63, 3.8) is 0 Å². The van der Waals surface area contributed by atoms with Crippen LogP contribution in [0.15, 0.2) is 53.3 Å². The Balaban J connectivity index is 1.71. The molecule has 24 heavy (non-hydrogen) atoms. The van der Waals surface area contributed by atoms with Gasteiger partial charge in [-0.3, -0.25) is 4.79 Å². The lowest BCUT2D eigenvalue weighted by Crippen LogP contribution is -2.15. The minimum Gasteiger partial charge on any atom is -0.467 e. The number of nitrogens with one attached hydrogen (secondary N) is 2. The molecular weight excluding hydrogens is 351 g/mol. The summed E-state index contributed by atoms with van der Waals surface area (Å²) < 4.78 is 5.21. The number of amides is 1. The molecule has 3 aromatic rings. The molecule has 122 valence electrons. The lowest BCUT2D eigenvalue weighted by atomic mass is 10.3. The van der Waals surface area contributed by atoms with Crippen LogP contribution in [-0.2, 0) is 6.54 Å². The summed E-state index contributed by atoms with van der Waals surface area (Å²) in [4.78, 5) is 20.6. The molecule has 3 rings (SSSR count). The predicted molar refractivity (Wildman–Crippen MR) is 92.5 cm³/mol. The summed E-state index contributed by atoms with van der Waals surface area (Å²) in [5, 5.41) is 6.29. The number of halogens is 2. The zero-order chi connectivity index (χ0) is 16.9. The highest BCUT2D eigenvalue weighted by Crippen LogP contribution is 2.29. The van der Waals surface area contributed by atoms with Gasteiger partial charge in [-0.15, -0.1) is 0 Å². The van der Waals surface area contributed by atoms with E-state index in [1.807, 2.05) is 6.07 Å². The number of furan rings is 1. The van der Waals surface area contributed by atoms with Gasteiger partial charge in [0.2, 0.25) is 5.95 Å². The zero-order valence-electron chi connectivity index (χ0n) is 12.3. The first-order valence-electron chi connectivity index (χ1n) is 6.98. The van der Waals surface area contributed by atoms with Crippen molar-refractivity contribution in [2.45, 2.75) is 6.54 Å². The monoisotopic (exact) mass is 362 g/mol. The lowest BCUT2D eigenvalue weighted by Gasteiger charge is -2.08. The van der Waals surface area contributed by atoms with Crippen LogP contribution < -0.4 is 10.6 Å². The summed E-state index contributed by atoms with van der Waals surface area (Å²) >= 11 is 12.0. The Labute approximate surface area is 147 Å². The number of carbonyl (C=O) groups is 1. The fourth-order valence-electron chi connectivity index (χ4n) is 1.94. The van der Waals surface area contributed by atoms with Crippen molar-refractivity contribution in [1.82, 2.24) is 9.97 Å². The first-order valence-corrected chi connectivity index (χ1v) is 7.74. The van der Waals surface area contributed by atoms with Crippen LogP contribution in [0.5, 0.6) is 0 Å². The number of aromatic nitrogens is 2. The average Bonchev–Trinajstić information content (AvgIpc) is 3.11. The van der Waals surface area contributed by atoms with E-state index < -0.39 is 5.91 Å². The molecule has 2 heterocycles. The molecule has 0 radical (unpaired) electrons. The fourth-order valence-corrected chi connectivity index (χ4v) is 2.28. The molecule has 0 atom stereocenters. The topological polar surface area (TPSA) is 80.0 Å². The normalized spacial score (nSPS) is 10.4. The van der Waals surface area contributed by atoms with E-state index in [-0.39, 0.29) is 10.7 Å². The quantitative estimate of drug-likeness (QED) is 0.709. The fraction of sp³-hybridized carbons (Fsp3) is 0.0625. The second kappa shape index (κ2) is 7.33. The Bertz CT molecular complexity index is 853. The molecule has 0 fully saturated rings. The van der Waals surface area contributed by atoms with E-state index in [9.17, 15) is 4.79 Å². The van der Waals surface area contributed by atoms with Gasteiger partial charge >= 0.3 is 0 Å². The standard InChI is InChI=1S/C16H12Cl2N4O2/c17-11-4-1-5-12(14(11)18)21-15(23)13-6-7-19-16(22-13)20-9-10-3-2-8-24-10/h1-8H,9H2,(H,21,23)(H,19,20,22). The Hall–Kier alpha value is -2.57. The van der Waals surface area contributed by atoms with Crippen LogP contribution in [-0.4, -0.2) is 15.9 Å². The van der Waals surface area contributed by atoms with E-state index in [2.05, 4.69) is 20.6 Å². The molecule has 8 heteroatoms. The molecule has 0 saturated carbocycles. The second-order valence-electron chi connectivity index (χ2n) is 4.75. The lowest BCUT2D eigenvalue weighted by molar-refractivity contribution is 0.102. The van der Waals surface area contributed by atoms with E-state index in [1.54, 1.807) is 30.5 Å². The number of benzene rings is 1. The summed E-state index contributed by atoms with van der Waals surface area (Å²) in [5.74, 6) is 0.637. The van der Waals surface area contributed by atoms with Crippen LogP contribution >= 0.6 is 23.2 Å². The Morgan fingerprint density at radius 2 is 2.04 bits per heavy atom. The van der Waals surface area contributed by atoms with Crippen LogP contribution in [0.4, 0.5) is 11.6 Å². The average molecular weight is 363 g/mol. The van der Waals surface area contributed by atoms with E-state index in [4.69, 9.17) is 27.6 Å². The van der Waals surface area contributed by atoms with Gasteiger partial charge in [0.1, 0.15) is 11.5 Å². The molecule has 0 aliphatic heterocycles. The molecule has 0 bridgehead atoms. The molecule has 0 aliphatic carbocycles. The van der Waals surface area contributed by atoms with Crippen molar-refractivity contribution in [1.29, 1.82) is 0 Å². The maximum absolute atomic E-state index is 12.3. The first-order chi connectivity index (χ1) is 11.6. The van der Waals surface area contributed by atoms with Gasteiger partial charge < -0.3 is 15.1 Å². The van der Waals surface area contributed by atoms with E-state index in [0.717, 1.165) is 5.76 Å². The molecular formula is C16H12Cl2N4O2. The Kier molecular flexibility index (Phi) is 4.98. The molecule has 2 N–H and O–H groups in total. The molecule has 0 aliphatic rings. The van der Waals surface area contributed by atoms with Crippen molar-refractivity contribution in [2.75, 3.05) is 10.6 Å². The van der Waals surface area contributed by atoms with E-state index in [0.29, 0.717) is 23.2 Å². The largest absolute Gasteiger partial charge is 0.467 e. The second-order valence-corrected chi connectivity index (χ2v) is 5.54. The van der Waals surface area contributed by atoms with Crippen LogP contribution in [0.2, 0.25) is 10.0 Å². The van der Waals surface area contributed by atoms with Crippen molar-refractivity contribution < 1.29 is 9.21 Å². The number of hydrogen-bond acceptors (Lipinski definition) is 5. The molecule has 6 nitrogen and oxygen atoms in total. The summed E-state index contributed by atoms with van der Waals surface area (Å²) in [5.41, 5.74) is 0.612. The highest BCUT2D eigenvalue weighted by molar-refractivity contribution is 6.44. The minimum atomic E-state index is -0.414. The summed E-state index contributed by atoms with van der Waals surface area (Å²) in [6.07, 6.45) is 3.07. The number of hydrogen-bond donors (Lipinski definition) is 2. The van der Waals surface area contributed by atoms with E-state index in [1.165, 1.54) is 12.3 Å². The van der Waals surface area contributed by atoms with Gasteiger partial charge in [-0.05, 0) is 30.3 Å². The third-order valence-corrected chi connectivity index (χ3v) is 3.91. The van der Waals surface area contributed by atoms with Gasteiger partial charge in [0.15, 0.2) is 0 Å². The number of rotatable bonds is 5. The van der Waals surface area contributed by atoms with Gasteiger partial charge in [0.05, 0.1) is 28.5 Å². The predicted octanol–water partition coefficient (Wildman–Crippen LogP) is 4.24. The summed E-state index contributed by atoms with van der Waals surface area (Å²) in [7, 11) is 0. The zero-order valence-corrected chi connectivity index (χ0v) is 13.8. The number of anilines is 2. The molecule has 1 amide bonds. The Morgan fingerprint density at radius 1 is 1.17 bits per heavy atom. The van der Waals surface area contributed by atoms with Gasteiger partial charge in [-0.1, -0.05) is 29.3 Å². The Morgan fingerprint density at radius 3 is 2.83 bits per heavy atom. The number of nitrogens with zero attached hydrogens (tertiary/aromatic N) is 2. The molecule has 0 unspecified atom stereocenters. The highest BCUT2D eigenvalue weighted by Gasteiger charge is 2.12. The molecule has 0 saturated heterocycles. The van der Waals surface area contributed by atoms with Gasteiger partial charge in [-0.25, -0.2) is 9.97 Å².